The average molecular weight is 465 g/mol. The maximum Gasteiger partial charge on any atom is 0.0991 e. The normalized spacial score (nSPS) is 10.8. The molecule has 4 nitrogen and oxygen atoms in total. The van der Waals surface area contributed by atoms with Gasteiger partial charge in [-0.3, -0.25) is 0 Å². The van der Waals surface area contributed by atoms with E-state index in [1.165, 1.54) is 0 Å². The number of nitrogens with zero attached hydrogens (tertiary/aromatic N) is 1. The smallest absolute Gasteiger partial charge is 0.0991 e. The Balaban J connectivity index is 0.00000225. The highest BCUT2D eigenvalue weighted by molar-refractivity contribution is 6.30. The summed E-state index contributed by atoms with van der Waals surface area (Å²) >= 11 is 5.96. The molecule has 3 N–H and O–H groups in total. The van der Waals surface area contributed by atoms with Gasteiger partial charge in [0.15, 0.2) is 0 Å². The van der Waals surface area contributed by atoms with Gasteiger partial charge < -0.3 is 15.7 Å². The number of aliphatic hydroxyl groups is 1. The highest BCUT2D eigenvalue weighted by Gasteiger charge is 2.07. The van der Waals surface area contributed by atoms with Crippen LogP contribution in [0.25, 0.3) is 11.1 Å². The fourth-order valence-corrected chi connectivity index (χ4v) is 3.14. The van der Waals surface area contributed by atoms with Gasteiger partial charge in [-0.05, 0) is 53.1 Å². The molecule has 1 atom stereocenters. The molecular weight excluding hydrogens is 441 g/mol. The summed E-state index contributed by atoms with van der Waals surface area (Å²) in [5.74, 6) is 0. The third-order valence-corrected chi connectivity index (χ3v) is 4.62. The van der Waals surface area contributed by atoms with Crippen LogP contribution >= 0.6 is 36.4 Å². The molecule has 0 saturated carbocycles. The SMILES string of the molecule is Cl.Cl.N#Cc1cccc(-c2cccc(NCCNCC(O)c3cccc(Cl)c3)c2)c1. The van der Waals surface area contributed by atoms with Crippen LogP contribution in [0.1, 0.15) is 17.2 Å². The summed E-state index contributed by atoms with van der Waals surface area (Å²) in [5.41, 5.74) is 4.55. The summed E-state index contributed by atoms with van der Waals surface area (Å²) in [7, 11) is 0. The van der Waals surface area contributed by atoms with Gasteiger partial charge in [-0.2, -0.15) is 5.26 Å². The number of nitrogens with one attached hydrogen (secondary N) is 2. The van der Waals surface area contributed by atoms with Crippen LogP contribution in [-0.2, 0) is 0 Å². The van der Waals surface area contributed by atoms with Crippen molar-refractivity contribution in [3.63, 3.8) is 0 Å². The molecule has 0 radical (unpaired) electrons. The lowest BCUT2D eigenvalue weighted by Gasteiger charge is -2.13. The van der Waals surface area contributed by atoms with Gasteiger partial charge >= 0.3 is 0 Å². The minimum atomic E-state index is -0.588. The number of anilines is 1. The minimum Gasteiger partial charge on any atom is -0.387 e. The molecule has 0 heterocycles. The molecule has 3 aromatic rings. The molecule has 0 bridgehead atoms. The highest BCUT2D eigenvalue weighted by atomic mass is 35.5. The molecule has 0 aromatic heterocycles. The van der Waals surface area contributed by atoms with Gasteiger partial charge in [0, 0.05) is 30.3 Å². The predicted molar refractivity (Wildman–Crippen MR) is 129 cm³/mol. The Kier molecular flexibility index (Phi) is 11.3. The number of aliphatic hydroxyl groups excluding tert-OH is 1. The fraction of sp³-hybridized carbons (Fsp3) is 0.174. The zero-order valence-corrected chi connectivity index (χ0v) is 18.6. The van der Waals surface area contributed by atoms with Gasteiger partial charge in [-0.25, -0.2) is 0 Å². The van der Waals surface area contributed by atoms with Gasteiger partial charge in [0.25, 0.3) is 0 Å². The monoisotopic (exact) mass is 463 g/mol. The van der Waals surface area contributed by atoms with Crippen LogP contribution in [0.5, 0.6) is 0 Å². The van der Waals surface area contributed by atoms with Gasteiger partial charge in [-0.1, -0.05) is 48.0 Å². The third-order valence-electron chi connectivity index (χ3n) is 4.39. The number of hydrogen-bond acceptors (Lipinski definition) is 4. The molecule has 0 spiro atoms. The van der Waals surface area contributed by atoms with Gasteiger partial charge in [0.2, 0.25) is 0 Å². The predicted octanol–water partition coefficient (Wildman–Crippen LogP) is 5.46. The van der Waals surface area contributed by atoms with E-state index in [9.17, 15) is 5.11 Å². The van der Waals surface area contributed by atoms with E-state index in [0.29, 0.717) is 23.7 Å². The van der Waals surface area contributed by atoms with E-state index in [-0.39, 0.29) is 24.8 Å². The Hall–Kier alpha value is -2.26. The molecular formula is C23H24Cl3N3O. The Labute approximate surface area is 194 Å². The van der Waals surface area contributed by atoms with Crippen LogP contribution in [0.2, 0.25) is 5.02 Å². The Morgan fingerprint density at radius 3 is 2.33 bits per heavy atom. The van der Waals surface area contributed by atoms with E-state index >= 15 is 0 Å². The first kappa shape index (κ1) is 25.8. The fourth-order valence-electron chi connectivity index (χ4n) is 2.94. The highest BCUT2D eigenvalue weighted by Crippen LogP contribution is 2.23. The number of halogens is 3. The topological polar surface area (TPSA) is 68.1 Å². The van der Waals surface area contributed by atoms with Gasteiger partial charge in [0.1, 0.15) is 0 Å². The van der Waals surface area contributed by atoms with Crippen LogP contribution in [0.3, 0.4) is 0 Å². The number of hydrogen-bond donors (Lipinski definition) is 3. The molecule has 0 amide bonds. The molecule has 0 aliphatic carbocycles. The summed E-state index contributed by atoms with van der Waals surface area (Å²) in [4.78, 5) is 0. The van der Waals surface area contributed by atoms with E-state index in [0.717, 1.165) is 28.9 Å². The van der Waals surface area contributed by atoms with Gasteiger partial charge in [-0.15, -0.1) is 24.8 Å². The summed E-state index contributed by atoms with van der Waals surface area (Å²) in [6.07, 6.45) is -0.588. The molecule has 158 valence electrons. The van der Waals surface area contributed by atoms with Crippen molar-refractivity contribution in [2.75, 3.05) is 25.0 Å². The Bertz CT molecular complexity index is 976. The van der Waals surface area contributed by atoms with Crippen LogP contribution in [-0.4, -0.2) is 24.7 Å². The second kappa shape index (κ2) is 13.1. The summed E-state index contributed by atoms with van der Waals surface area (Å²) in [6.45, 7) is 1.90. The quantitative estimate of drug-likeness (QED) is 0.387. The first-order chi connectivity index (χ1) is 13.7. The van der Waals surface area contributed by atoms with E-state index in [1.807, 2.05) is 48.5 Å². The second-order valence-electron chi connectivity index (χ2n) is 6.48. The van der Waals surface area contributed by atoms with Crippen LogP contribution in [0.4, 0.5) is 5.69 Å². The lowest BCUT2D eigenvalue weighted by Crippen LogP contribution is -2.26. The van der Waals surface area contributed by atoms with Crippen molar-refractivity contribution in [2.24, 2.45) is 0 Å². The molecule has 0 saturated heterocycles. The second-order valence-corrected chi connectivity index (χ2v) is 6.91. The first-order valence-corrected chi connectivity index (χ1v) is 9.52. The lowest BCUT2D eigenvalue weighted by molar-refractivity contribution is 0.175. The van der Waals surface area contributed by atoms with Gasteiger partial charge in [0.05, 0.1) is 17.7 Å². The largest absolute Gasteiger partial charge is 0.387 e. The summed E-state index contributed by atoms with van der Waals surface area (Å²) in [6, 6.07) is 25.1. The molecule has 1 unspecified atom stereocenters. The van der Waals surface area contributed by atoms with Crippen molar-refractivity contribution in [1.82, 2.24) is 5.32 Å². The van der Waals surface area contributed by atoms with Crippen molar-refractivity contribution in [3.05, 3.63) is 88.9 Å². The molecule has 7 heteroatoms. The summed E-state index contributed by atoms with van der Waals surface area (Å²) < 4.78 is 0. The number of rotatable bonds is 8. The van der Waals surface area contributed by atoms with Crippen LogP contribution in [0.15, 0.2) is 72.8 Å². The van der Waals surface area contributed by atoms with E-state index in [4.69, 9.17) is 16.9 Å². The van der Waals surface area contributed by atoms with E-state index in [1.54, 1.807) is 18.2 Å². The molecule has 0 fully saturated rings. The molecule has 3 rings (SSSR count). The zero-order valence-electron chi connectivity index (χ0n) is 16.2. The Morgan fingerprint density at radius 2 is 1.60 bits per heavy atom. The molecule has 3 aromatic carbocycles. The number of nitriles is 1. The number of benzene rings is 3. The van der Waals surface area contributed by atoms with Crippen LogP contribution in [0, 0.1) is 11.3 Å². The van der Waals surface area contributed by atoms with Crippen molar-refractivity contribution < 1.29 is 5.11 Å². The third kappa shape index (κ3) is 7.53. The minimum absolute atomic E-state index is 0. The maximum atomic E-state index is 10.2. The lowest BCUT2D eigenvalue weighted by atomic mass is 10.0. The van der Waals surface area contributed by atoms with Crippen LogP contribution < -0.4 is 10.6 Å². The Morgan fingerprint density at radius 1 is 0.900 bits per heavy atom. The molecule has 30 heavy (non-hydrogen) atoms. The maximum absolute atomic E-state index is 10.2. The zero-order chi connectivity index (χ0) is 19.8. The molecule has 0 aliphatic rings. The standard InChI is InChI=1S/C23H22ClN3O.2ClH/c24-21-8-2-7-20(13-21)23(28)16-26-10-11-27-22-9-3-6-19(14-22)18-5-1-4-17(12-18)15-25;;/h1-9,12-14,23,26-28H,10-11,16H2;2*1H. The van der Waals surface area contributed by atoms with Crippen molar-refractivity contribution >= 4 is 42.1 Å². The van der Waals surface area contributed by atoms with E-state index < -0.39 is 6.10 Å². The van der Waals surface area contributed by atoms with Crippen molar-refractivity contribution in [2.45, 2.75) is 6.10 Å². The van der Waals surface area contributed by atoms with Crippen molar-refractivity contribution in [3.8, 4) is 17.2 Å². The first-order valence-electron chi connectivity index (χ1n) is 9.14. The van der Waals surface area contributed by atoms with Crippen molar-refractivity contribution in [1.29, 1.82) is 5.26 Å². The van der Waals surface area contributed by atoms with E-state index in [2.05, 4.69) is 22.8 Å². The average Bonchev–Trinajstić information content (AvgIpc) is 2.73. The summed E-state index contributed by atoms with van der Waals surface area (Å²) in [5, 5.41) is 26.5. The molecule has 0 aliphatic heterocycles.